The summed E-state index contributed by atoms with van der Waals surface area (Å²) in [4.78, 5) is 24.0. The number of imidazole rings is 1. The third-order valence-corrected chi connectivity index (χ3v) is 7.44. The summed E-state index contributed by atoms with van der Waals surface area (Å²) in [7, 11) is 0. The van der Waals surface area contributed by atoms with E-state index in [9.17, 15) is 13.6 Å². The predicted molar refractivity (Wildman–Crippen MR) is 150 cm³/mol. The number of anilines is 2. The molecule has 0 radical (unpaired) electrons. The molecule has 3 N–H and O–H groups in total. The van der Waals surface area contributed by atoms with Crippen molar-refractivity contribution in [3.05, 3.63) is 71.6 Å². The Morgan fingerprint density at radius 3 is 2.82 bits per heavy atom. The highest BCUT2D eigenvalue weighted by Crippen LogP contribution is 2.35. The topological polar surface area (TPSA) is 86.6 Å². The van der Waals surface area contributed by atoms with E-state index in [1.165, 1.54) is 6.20 Å². The number of allylic oxidation sites excluding steroid dienone is 4. The molecule has 8 nitrogen and oxygen atoms in total. The Balaban J connectivity index is 1.26. The number of hydrogen-bond donors (Lipinski definition) is 3. The first-order valence-electron chi connectivity index (χ1n) is 13.6. The predicted octanol–water partition coefficient (Wildman–Crippen LogP) is 4.42. The fourth-order valence-electron chi connectivity index (χ4n) is 5.16. The van der Waals surface area contributed by atoms with Crippen LogP contribution in [0.15, 0.2) is 54.8 Å². The van der Waals surface area contributed by atoms with Crippen molar-refractivity contribution < 1.29 is 13.6 Å². The molecule has 3 heterocycles. The molecule has 0 spiro atoms. The van der Waals surface area contributed by atoms with Crippen molar-refractivity contribution in [1.82, 2.24) is 29.9 Å². The number of carbonyl (C=O) groups excluding carboxylic acids is 1. The maximum absolute atomic E-state index is 14.9. The van der Waals surface area contributed by atoms with E-state index in [1.807, 2.05) is 26.0 Å². The van der Waals surface area contributed by atoms with Gasteiger partial charge < -0.3 is 20.9 Å². The second-order valence-electron chi connectivity index (χ2n) is 10.1. The molecule has 2 aromatic heterocycles. The van der Waals surface area contributed by atoms with Crippen molar-refractivity contribution in [3.63, 3.8) is 0 Å². The molecular formula is C29H35F2N7O. The summed E-state index contributed by atoms with van der Waals surface area (Å²) in [6, 6.07) is 5.50. The van der Waals surface area contributed by atoms with Crippen LogP contribution in [0.2, 0.25) is 0 Å². The molecule has 1 amide bonds. The number of fused-ring (bicyclic) bond motifs is 1. The number of alkyl halides is 1. The quantitative estimate of drug-likeness (QED) is 0.352. The average Bonchev–Trinajstić information content (AvgIpc) is 3.38. The molecule has 2 atom stereocenters. The number of aryl methyl sites for hydroxylation is 1. The molecule has 2 unspecified atom stereocenters. The van der Waals surface area contributed by atoms with Gasteiger partial charge >= 0.3 is 0 Å². The van der Waals surface area contributed by atoms with Crippen molar-refractivity contribution >= 4 is 28.6 Å². The zero-order valence-corrected chi connectivity index (χ0v) is 22.4. The molecular weight excluding hydrogens is 500 g/mol. The first kappa shape index (κ1) is 27.0. The summed E-state index contributed by atoms with van der Waals surface area (Å²) in [5.74, 6) is -0.856. The first-order valence-corrected chi connectivity index (χ1v) is 13.6. The Morgan fingerprint density at radius 2 is 2.05 bits per heavy atom. The molecule has 0 saturated carbocycles. The van der Waals surface area contributed by atoms with Gasteiger partial charge in [-0.2, -0.15) is 0 Å². The van der Waals surface area contributed by atoms with Gasteiger partial charge in [0, 0.05) is 67.9 Å². The lowest BCUT2D eigenvalue weighted by Gasteiger charge is -2.27. The minimum atomic E-state index is -1.66. The Labute approximate surface area is 227 Å². The highest BCUT2D eigenvalue weighted by atomic mass is 19.2. The van der Waals surface area contributed by atoms with Crippen LogP contribution in [0.5, 0.6) is 0 Å². The fourth-order valence-corrected chi connectivity index (χ4v) is 5.16. The second kappa shape index (κ2) is 12.0. The summed E-state index contributed by atoms with van der Waals surface area (Å²) in [5, 5.41) is 9.63. The number of piperazine rings is 1. The number of nitrogens with zero attached hydrogens (tertiary/aromatic N) is 4. The zero-order chi connectivity index (χ0) is 27.4. The van der Waals surface area contributed by atoms with Crippen LogP contribution in [0, 0.1) is 12.8 Å². The summed E-state index contributed by atoms with van der Waals surface area (Å²) in [5.41, 5.74) is 3.32. The molecule has 5 rings (SSSR count). The molecule has 10 heteroatoms. The largest absolute Gasteiger partial charge is 0.352 e. The lowest BCUT2D eigenvalue weighted by atomic mass is 9.91. The summed E-state index contributed by atoms with van der Waals surface area (Å²) in [6.07, 6.45) is 7.92. The molecule has 1 saturated heterocycles. The van der Waals surface area contributed by atoms with E-state index in [4.69, 9.17) is 0 Å². The van der Waals surface area contributed by atoms with Crippen LogP contribution in [-0.2, 0) is 0 Å². The lowest BCUT2D eigenvalue weighted by Crippen LogP contribution is -2.44. The Morgan fingerprint density at radius 1 is 1.23 bits per heavy atom. The maximum atomic E-state index is 14.9. The molecule has 206 valence electrons. The Bertz CT molecular complexity index is 1390. The minimum Gasteiger partial charge on any atom is -0.352 e. The number of nitrogens with one attached hydrogen (secondary N) is 3. The highest BCUT2D eigenvalue weighted by molar-refractivity contribution is 5.96. The number of aromatic nitrogens is 3. The van der Waals surface area contributed by atoms with Crippen LogP contribution >= 0.6 is 0 Å². The zero-order valence-electron chi connectivity index (χ0n) is 22.4. The average molecular weight is 536 g/mol. The van der Waals surface area contributed by atoms with E-state index < -0.39 is 17.9 Å². The van der Waals surface area contributed by atoms with E-state index in [1.54, 1.807) is 35.0 Å². The molecule has 0 bridgehead atoms. The van der Waals surface area contributed by atoms with Crippen LogP contribution in [-0.4, -0.2) is 70.6 Å². The van der Waals surface area contributed by atoms with Crippen LogP contribution < -0.4 is 16.0 Å². The van der Waals surface area contributed by atoms with Gasteiger partial charge in [0.15, 0.2) is 17.6 Å². The SMILES string of the molecule is CCC1C=CC(c2cnc3c(Nc4ccc(C(=O)NCCCN5CCNCC5)c(C)c4)nccn23)=C(F)C1F. The molecule has 3 aromatic rings. The normalized spacial score (nSPS) is 20.0. The molecule has 1 fully saturated rings. The van der Waals surface area contributed by atoms with Gasteiger partial charge in [-0.25, -0.2) is 18.7 Å². The van der Waals surface area contributed by atoms with Gasteiger partial charge in [-0.15, -0.1) is 0 Å². The van der Waals surface area contributed by atoms with E-state index in [0.29, 0.717) is 35.7 Å². The monoisotopic (exact) mass is 535 g/mol. The number of amides is 1. The van der Waals surface area contributed by atoms with Gasteiger partial charge in [-0.05, 0) is 50.1 Å². The van der Waals surface area contributed by atoms with Gasteiger partial charge in [0.25, 0.3) is 5.91 Å². The van der Waals surface area contributed by atoms with Crippen LogP contribution in [0.1, 0.15) is 41.4 Å². The smallest absolute Gasteiger partial charge is 0.251 e. The molecule has 1 aliphatic carbocycles. The third-order valence-electron chi connectivity index (χ3n) is 7.44. The number of carbonyl (C=O) groups is 1. The molecule has 39 heavy (non-hydrogen) atoms. The number of benzene rings is 1. The molecule has 1 aliphatic heterocycles. The van der Waals surface area contributed by atoms with E-state index in [2.05, 4.69) is 30.8 Å². The standard InChI is InChI=1S/C29H35F2N7O/c1-3-20-5-7-23(26(31)25(20)30)24-18-35-28-27(33-12-16-38(24)28)36-21-6-8-22(19(2)17-21)29(39)34-9-4-13-37-14-10-32-11-15-37/h5-8,12,16-18,20,25,32H,3-4,9-11,13-15H2,1-2H3,(H,33,36)(H,34,39). The third kappa shape index (κ3) is 5.86. The van der Waals surface area contributed by atoms with Crippen molar-refractivity contribution in [2.75, 3.05) is 44.6 Å². The number of halogens is 2. The van der Waals surface area contributed by atoms with Gasteiger partial charge in [0.1, 0.15) is 5.83 Å². The van der Waals surface area contributed by atoms with E-state index in [-0.39, 0.29) is 11.5 Å². The summed E-state index contributed by atoms with van der Waals surface area (Å²) < 4.78 is 31.2. The maximum Gasteiger partial charge on any atom is 0.251 e. The van der Waals surface area contributed by atoms with Crippen LogP contribution in [0.4, 0.5) is 20.3 Å². The van der Waals surface area contributed by atoms with Crippen molar-refractivity contribution in [3.8, 4) is 0 Å². The molecule has 1 aromatic carbocycles. The van der Waals surface area contributed by atoms with E-state index in [0.717, 1.165) is 50.4 Å². The summed E-state index contributed by atoms with van der Waals surface area (Å²) in [6.45, 7) is 9.48. The summed E-state index contributed by atoms with van der Waals surface area (Å²) >= 11 is 0. The van der Waals surface area contributed by atoms with Crippen molar-refractivity contribution in [1.29, 1.82) is 0 Å². The van der Waals surface area contributed by atoms with Crippen molar-refractivity contribution in [2.24, 2.45) is 5.92 Å². The molecule has 2 aliphatic rings. The fraction of sp³-hybridized carbons (Fsp3) is 0.414. The van der Waals surface area contributed by atoms with Gasteiger partial charge in [-0.3, -0.25) is 9.20 Å². The van der Waals surface area contributed by atoms with Crippen LogP contribution in [0.25, 0.3) is 11.2 Å². The lowest BCUT2D eigenvalue weighted by molar-refractivity contribution is 0.0950. The van der Waals surface area contributed by atoms with Gasteiger partial charge in [0.2, 0.25) is 0 Å². The van der Waals surface area contributed by atoms with Crippen LogP contribution in [0.3, 0.4) is 0 Å². The van der Waals surface area contributed by atoms with Gasteiger partial charge in [-0.1, -0.05) is 19.1 Å². The van der Waals surface area contributed by atoms with Crippen molar-refractivity contribution in [2.45, 2.75) is 32.9 Å². The highest BCUT2D eigenvalue weighted by Gasteiger charge is 2.29. The first-order chi connectivity index (χ1) is 19.0. The Kier molecular flexibility index (Phi) is 8.33. The number of hydrogen-bond acceptors (Lipinski definition) is 6. The minimum absolute atomic E-state index is 0.0928. The van der Waals surface area contributed by atoms with Gasteiger partial charge in [0.05, 0.1) is 11.9 Å². The van der Waals surface area contributed by atoms with E-state index >= 15 is 0 Å². The second-order valence-corrected chi connectivity index (χ2v) is 10.1. The Hall–Kier alpha value is -3.63. The number of rotatable bonds is 9.